The van der Waals surface area contributed by atoms with Gasteiger partial charge >= 0.3 is 5.97 Å². The molecule has 0 fully saturated rings. The summed E-state index contributed by atoms with van der Waals surface area (Å²) in [6, 6.07) is 0.860. The van der Waals surface area contributed by atoms with Crippen molar-refractivity contribution >= 4 is 5.97 Å². The minimum Gasteiger partial charge on any atom is -0.469 e. The number of unbranched alkanes of at least 4 members (excludes halogenated alkanes) is 2. The average Bonchev–Trinajstić information content (AvgIpc) is 2.26. The van der Waals surface area contributed by atoms with Gasteiger partial charge in [-0.2, -0.15) is 0 Å². The third kappa shape index (κ3) is 6.80. The van der Waals surface area contributed by atoms with Crippen molar-refractivity contribution < 1.29 is 21.0 Å². The zero-order valence-electron chi connectivity index (χ0n) is 11.0. The van der Waals surface area contributed by atoms with Crippen LogP contribution in [0.15, 0.2) is 0 Å². The normalized spacial score (nSPS) is 14.9. The van der Waals surface area contributed by atoms with Crippen molar-refractivity contribution in [3.05, 3.63) is 0 Å². The summed E-state index contributed by atoms with van der Waals surface area (Å²) in [7, 11) is 1.43. The summed E-state index contributed by atoms with van der Waals surface area (Å²) in [6.07, 6.45) is 4.77. The van der Waals surface area contributed by atoms with E-state index in [0.29, 0.717) is 24.4 Å². The minimum atomic E-state index is -0.108. The largest absolute Gasteiger partial charge is 0.469 e. The van der Waals surface area contributed by atoms with E-state index in [4.69, 9.17) is 0 Å². The molecule has 2 unspecified atom stereocenters. The number of hydrogen-bond donors (Lipinski definition) is 2. The van der Waals surface area contributed by atoms with Crippen molar-refractivity contribution in [1.82, 2.24) is 0 Å². The molecule has 4 heteroatoms. The Morgan fingerprint density at radius 1 is 1.19 bits per heavy atom. The van der Waals surface area contributed by atoms with Crippen LogP contribution in [0.5, 0.6) is 0 Å². The van der Waals surface area contributed by atoms with Crippen LogP contribution in [0.4, 0.5) is 0 Å². The molecule has 0 bridgehead atoms. The number of esters is 1. The summed E-state index contributed by atoms with van der Waals surface area (Å²) in [5.41, 5.74) is 8.30. The van der Waals surface area contributed by atoms with E-state index in [2.05, 4.69) is 30.1 Å². The first-order valence-corrected chi connectivity index (χ1v) is 6.22. The first-order chi connectivity index (χ1) is 7.49. The summed E-state index contributed by atoms with van der Waals surface area (Å²) in [5, 5.41) is 0. The van der Waals surface area contributed by atoms with Gasteiger partial charge in [0.15, 0.2) is 0 Å². The fraction of sp³-hybridized carbons (Fsp3) is 0.917. The van der Waals surface area contributed by atoms with Crippen LogP contribution < -0.4 is 11.5 Å². The number of rotatable bonds is 8. The lowest BCUT2D eigenvalue weighted by atomic mass is 9.94. The van der Waals surface area contributed by atoms with E-state index in [1.807, 2.05) is 0 Å². The van der Waals surface area contributed by atoms with Crippen LogP contribution >= 0.6 is 0 Å². The highest BCUT2D eigenvalue weighted by molar-refractivity contribution is 5.68. The van der Waals surface area contributed by atoms with Gasteiger partial charge in [0, 0.05) is 18.8 Å². The molecule has 96 valence electrons. The van der Waals surface area contributed by atoms with Crippen LogP contribution in [0, 0.1) is 5.92 Å². The third-order valence-electron chi connectivity index (χ3n) is 3.15. The topological polar surface area (TPSA) is 81.6 Å². The van der Waals surface area contributed by atoms with Crippen molar-refractivity contribution in [3.8, 4) is 0 Å². The standard InChI is InChI=1S/C12H26N2O2/c1-9(2)12(14)10(13)7-5-4-6-8-11(15)16-3/h9-10,12H,4-8,13-14H2,1-3H3/p+2. The van der Waals surface area contributed by atoms with Crippen molar-refractivity contribution in [2.75, 3.05) is 7.11 Å². The first-order valence-electron chi connectivity index (χ1n) is 6.22. The molecule has 0 rings (SSSR count). The van der Waals surface area contributed by atoms with E-state index in [-0.39, 0.29) is 5.97 Å². The third-order valence-corrected chi connectivity index (χ3v) is 3.15. The maximum absolute atomic E-state index is 10.9. The van der Waals surface area contributed by atoms with Crippen molar-refractivity contribution in [3.63, 3.8) is 0 Å². The van der Waals surface area contributed by atoms with Crippen molar-refractivity contribution in [1.29, 1.82) is 0 Å². The molecule has 0 aliphatic rings. The lowest BCUT2D eigenvalue weighted by molar-refractivity contribution is -0.536. The monoisotopic (exact) mass is 232 g/mol. The second-order valence-electron chi connectivity index (χ2n) is 4.84. The molecule has 0 saturated carbocycles. The Bertz CT molecular complexity index is 195. The van der Waals surface area contributed by atoms with Crippen LogP contribution in [0.2, 0.25) is 0 Å². The van der Waals surface area contributed by atoms with E-state index in [1.54, 1.807) is 0 Å². The predicted molar refractivity (Wildman–Crippen MR) is 63.3 cm³/mol. The molecule has 0 radical (unpaired) electrons. The molecule has 0 aromatic rings. The number of carbonyl (C=O) groups excluding carboxylic acids is 1. The summed E-state index contributed by atoms with van der Waals surface area (Å²) in [4.78, 5) is 10.9. The Morgan fingerprint density at radius 3 is 2.31 bits per heavy atom. The minimum absolute atomic E-state index is 0.108. The lowest BCUT2D eigenvalue weighted by Gasteiger charge is -2.16. The fourth-order valence-corrected chi connectivity index (χ4v) is 1.71. The van der Waals surface area contributed by atoms with Crippen LogP contribution in [-0.2, 0) is 9.53 Å². The molecule has 0 saturated heterocycles. The molecular formula is C12H28N2O2+2. The van der Waals surface area contributed by atoms with Gasteiger partial charge < -0.3 is 16.2 Å². The Balaban J connectivity index is 3.48. The molecule has 4 nitrogen and oxygen atoms in total. The molecule has 0 aliphatic heterocycles. The summed E-state index contributed by atoms with van der Waals surface area (Å²) in [5.74, 6) is 0.487. The second kappa shape index (κ2) is 8.53. The number of methoxy groups -OCH3 is 1. The molecule has 0 aliphatic carbocycles. The Hall–Kier alpha value is -0.610. The molecule has 0 aromatic heterocycles. The molecule has 6 N–H and O–H groups in total. The maximum Gasteiger partial charge on any atom is 0.305 e. The molecule has 16 heavy (non-hydrogen) atoms. The van der Waals surface area contributed by atoms with E-state index in [0.717, 1.165) is 25.7 Å². The highest BCUT2D eigenvalue weighted by Gasteiger charge is 2.22. The molecule has 0 aromatic carbocycles. The van der Waals surface area contributed by atoms with Crippen LogP contribution in [0.25, 0.3) is 0 Å². The van der Waals surface area contributed by atoms with Crippen LogP contribution in [-0.4, -0.2) is 25.2 Å². The Kier molecular flexibility index (Phi) is 8.21. The van der Waals surface area contributed by atoms with Gasteiger partial charge in [0.05, 0.1) is 7.11 Å². The number of hydrogen-bond acceptors (Lipinski definition) is 2. The van der Waals surface area contributed by atoms with E-state index in [9.17, 15) is 4.79 Å². The highest BCUT2D eigenvalue weighted by Crippen LogP contribution is 2.08. The van der Waals surface area contributed by atoms with Gasteiger partial charge in [-0.3, -0.25) is 4.79 Å². The summed E-state index contributed by atoms with van der Waals surface area (Å²) in [6.45, 7) is 4.38. The van der Waals surface area contributed by atoms with Gasteiger partial charge in [-0.05, 0) is 12.8 Å². The van der Waals surface area contributed by atoms with Gasteiger partial charge in [0.25, 0.3) is 0 Å². The van der Waals surface area contributed by atoms with E-state index in [1.165, 1.54) is 7.11 Å². The van der Waals surface area contributed by atoms with Gasteiger partial charge in [0.2, 0.25) is 0 Å². The van der Waals surface area contributed by atoms with Crippen molar-refractivity contribution in [2.24, 2.45) is 5.92 Å². The van der Waals surface area contributed by atoms with Gasteiger partial charge in [-0.15, -0.1) is 0 Å². The van der Waals surface area contributed by atoms with Crippen LogP contribution in [0.1, 0.15) is 46.0 Å². The summed E-state index contributed by atoms with van der Waals surface area (Å²) >= 11 is 0. The average molecular weight is 232 g/mol. The predicted octanol–water partition coefficient (Wildman–Crippen LogP) is -0.0131. The Labute approximate surface area is 98.7 Å². The molecule has 2 atom stereocenters. The maximum atomic E-state index is 10.9. The van der Waals surface area contributed by atoms with Crippen molar-refractivity contribution in [2.45, 2.75) is 58.0 Å². The molecule has 0 heterocycles. The number of quaternary nitrogens is 2. The van der Waals surface area contributed by atoms with Gasteiger partial charge in [-0.1, -0.05) is 20.3 Å². The smallest absolute Gasteiger partial charge is 0.305 e. The Morgan fingerprint density at radius 2 is 1.81 bits per heavy atom. The zero-order valence-corrected chi connectivity index (χ0v) is 11.0. The van der Waals surface area contributed by atoms with Crippen LogP contribution in [0.3, 0.4) is 0 Å². The lowest BCUT2D eigenvalue weighted by Crippen LogP contribution is -2.80. The fourth-order valence-electron chi connectivity index (χ4n) is 1.71. The first kappa shape index (κ1) is 15.4. The molecular weight excluding hydrogens is 204 g/mol. The second-order valence-corrected chi connectivity index (χ2v) is 4.84. The quantitative estimate of drug-likeness (QED) is 0.456. The zero-order chi connectivity index (χ0) is 12.6. The van der Waals surface area contributed by atoms with Gasteiger partial charge in [-0.25, -0.2) is 0 Å². The SMILES string of the molecule is COC(=O)CCCCCC([NH3+])C([NH3+])C(C)C. The number of ether oxygens (including phenoxy) is 1. The highest BCUT2D eigenvalue weighted by atomic mass is 16.5. The summed E-state index contributed by atoms with van der Waals surface area (Å²) < 4.78 is 4.59. The van der Waals surface area contributed by atoms with E-state index < -0.39 is 0 Å². The molecule has 0 amide bonds. The molecule has 0 spiro atoms. The van der Waals surface area contributed by atoms with Gasteiger partial charge in [0.1, 0.15) is 12.1 Å². The van der Waals surface area contributed by atoms with E-state index >= 15 is 0 Å². The number of carbonyl (C=O) groups is 1.